The minimum absolute atomic E-state index is 0.176. The Bertz CT molecular complexity index is 275. The number of aliphatic hydroxyl groups excluding tert-OH is 1. The molecule has 5 heteroatoms. The van der Waals surface area contributed by atoms with E-state index in [0.29, 0.717) is 6.54 Å². The lowest BCUT2D eigenvalue weighted by Gasteiger charge is -2.18. The van der Waals surface area contributed by atoms with Crippen molar-refractivity contribution in [3.8, 4) is 0 Å². The summed E-state index contributed by atoms with van der Waals surface area (Å²) in [6.45, 7) is 4.54. The lowest BCUT2D eigenvalue weighted by Crippen LogP contribution is -2.26. The van der Waals surface area contributed by atoms with Gasteiger partial charge in [0.1, 0.15) is 5.82 Å². The monoisotopic (exact) mass is 210 g/mol. The SMILES string of the molecule is CCN(CCO)Cc1cnc(NC)cn1. The van der Waals surface area contributed by atoms with Crippen LogP contribution >= 0.6 is 0 Å². The standard InChI is InChI=1S/C10H18N4O/c1-3-14(4-5-15)8-9-6-13-10(11-2)7-12-9/h6-7,15H,3-5,8H2,1-2H3,(H,11,13). The summed E-state index contributed by atoms with van der Waals surface area (Å²) >= 11 is 0. The summed E-state index contributed by atoms with van der Waals surface area (Å²) in [6.07, 6.45) is 3.47. The molecular weight excluding hydrogens is 192 g/mol. The molecule has 15 heavy (non-hydrogen) atoms. The van der Waals surface area contributed by atoms with Crippen LogP contribution in [0.3, 0.4) is 0 Å². The van der Waals surface area contributed by atoms with Crippen molar-refractivity contribution >= 4 is 5.82 Å². The maximum atomic E-state index is 8.84. The molecule has 84 valence electrons. The first-order chi connectivity index (χ1) is 7.30. The number of aliphatic hydroxyl groups is 1. The lowest BCUT2D eigenvalue weighted by atomic mass is 10.4. The maximum absolute atomic E-state index is 8.84. The van der Waals surface area contributed by atoms with E-state index in [4.69, 9.17) is 5.11 Å². The number of hydrogen-bond donors (Lipinski definition) is 2. The van der Waals surface area contributed by atoms with Crippen LogP contribution in [-0.4, -0.2) is 46.7 Å². The third-order valence-corrected chi connectivity index (χ3v) is 2.21. The van der Waals surface area contributed by atoms with Gasteiger partial charge in [-0.05, 0) is 6.54 Å². The highest BCUT2D eigenvalue weighted by atomic mass is 16.3. The normalized spacial score (nSPS) is 10.7. The van der Waals surface area contributed by atoms with E-state index in [-0.39, 0.29) is 6.61 Å². The van der Waals surface area contributed by atoms with Gasteiger partial charge < -0.3 is 10.4 Å². The Morgan fingerprint density at radius 3 is 2.67 bits per heavy atom. The van der Waals surface area contributed by atoms with Crippen molar-refractivity contribution in [2.75, 3.05) is 32.1 Å². The van der Waals surface area contributed by atoms with E-state index >= 15 is 0 Å². The summed E-state index contributed by atoms with van der Waals surface area (Å²) in [4.78, 5) is 10.6. The van der Waals surface area contributed by atoms with Gasteiger partial charge in [-0.25, -0.2) is 4.98 Å². The van der Waals surface area contributed by atoms with Crippen LogP contribution in [0.4, 0.5) is 5.82 Å². The van der Waals surface area contributed by atoms with Gasteiger partial charge in [-0.15, -0.1) is 0 Å². The van der Waals surface area contributed by atoms with Crippen molar-refractivity contribution in [1.82, 2.24) is 14.9 Å². The predicted molar refractivity (Wildman–Crippen MR) is 59.6 cm³/mol. The van der Waals surface area contributed by atoms with E-state index in [1.165, 1.54) is 0 Å². The lowest BCUT2D eigenvalue weighted by molar-refractivity contribution is 0.195. The van der Waals surface area contributed by atoms with Gasteiger partial charge in [0.2, 0.25) is 0 Å². The molecule has 0 aliphatic rings. The first-order valence-corrected chi connectivity index (χ1v) is 5.12. The fourth-order valence-electron chi connectivity index (χ4n) is 1.29. The molecule has 1 heterocycles. The molecule has 0 bridgehead atoms. The molecule has 0 aliphatic carbocycles. The minimum Gasteiger partial charge on any atom is -0.395 e. The van der Waals surface area contributed by atoms with Crippen LogP contribution in [0.15, 0.2) is 12.4 Å². The zero-order valence-corrected chi connectivity index (χ0v) is 9.27. The average Bonchev–Trinajstić information content (AvgIpc) is 2.29. The fourth-order valence-corrected chi connectivity index (χ4v) is 1.29. The average molecular weight is 210 g/mol. The summed E-state index contributed by atoms with van der Waals surface area (Å²) in [7, 11) is 1.81. The molecule has 1 rings (SSSR count). The molecule has 0 spiro atoms. The molecule has 0 radical (unpaired) electrons. The molecule has 0 unspecified atom stereocenters. The van der Waals surface area contributed by atoms with E-state index in [1.54, 1.807) is 12.4 Å². The number of aromatic nitrogens is 2. The van der Waals surface area contributed by atoms with E-state index in [9.17, 15) is 0 Å². The first-order valence-electron chi connectivity index (χ1n) is 5.12. The molecule has 1 aromatic rings. The first kappa shape index (κ1) is 11.9. The highest BCUT2D eigenvalue weighted by Crippen LogP contribution is 2.02. The van der Waals surface area contributed by atoms with Gasteiger partial charge in [0, 0.05) is 20.1 Å². The number of nitrogens with zero attached hydrogens (tertiary/aromatic N) is 3. The summed E-state index contributed by atoms with van der Waals surface area (Å²) in [5.41, 5.74) is 0.921. The summed E-state index contributed by atoms with van der Waals surface area (Å²) < 4.78 is 0. The summed E-state index contributed by atoms with van der Waals surface area (Å²) in [5, 5.41) is 11.8. The second kappa shape index (κ2) is 6.31. The van der Waals surface area contributed by atoms with Gasteiger partial charge in [0.15, 0.2) is 0 Å². The van der Waals surface area contributed by atoms with Gasteiger partial charge in [0.25, 0.3) is 0 Å². The molecule has 2 N–H and O–H groups in total. The van der Waals surface area contributed by atoms with Crippen LogP contribution in [0.2, 0.25) is 0 Å². The Morgan fingerprint density at radius 2 is 2.20 bits per heavy atom. The number of rotatable bonds is 6. The van der Waals surface area contributed by atoms with Crippen LogP contribution in [-0.2, 0) is 6.54 Å². The van der Waals surface area contributed by atoms with Crippen molar-refractivity contribution in [3.05, 3.63) is 18.1 Å². The second-order valence-corrected chi connectivity index (χ2v) is 3.24. The third-order valence-electron chi connectivity index (χ3n) is 2.21. The quantitative estimate of drug-likeness (QED) is 0.708. The van der Waals surface area contributed by atoms with Crippen LogP contribution in [0.5, 0.6) is 0 Å². The van der Waals surface area contributed by atoms with Crippen molar-refractivity contribution < 1.29 is 5.11 Å². The minimum atomic E-state index is 0.176. The second-order valence-electron chi connectivity index (χ2n) is 3.24. The Labute approximate surface area is 90.2 Å². The van der Waals surface area contributed by atoms with Crippen LogP contribution in [0, 0.1) is 0 Å². The smallest absolute Gasteiger partial charge is 0.144 e. The van der Waals surface area contributed by atoms with E-state index in [1.807, 2.05) is 7.05 Å². The summed E-state index contributed by atoms with van der Waals surface area (Å²) in [6, 6.07) is 0. The van der Waals surface area contributed by atoms with Crippen LogP contribution < -0.4 is 5.32 Å². The Hall–Kier alpha value is -1.20. The largest absolute Gasteiger partial charge is 0.395 e. The molecule has 0 aliphatic heterocycles. The molecule has 0 amide bonds. The van der Waals surface area contributed by atoms with Crippen molar-refractivity contribution in [2.24, 2.45) is 0 Å². The van der Waals surface area contributed by atoms with E-state index in [2.05, 4.69) is 27.1 Å². The van der Waals surface area contributed by atoms with Gasteiger partial charge in [-0.1, -0.05) is 6.92 Å². The highest BCUT2D eigenvalue weighted by molar-refractivity contribution is 5.29. The van der Waals surface area contributed by atoms with Crippen molar-refractivity contribution in [3.63, 3.8) is 0 Å². The maximum Gasteiger partial charge on any atom is 0.144 e. The van der Waals surface area contributed by atoms with Crippen LogP contribution in [0.25, 0.3) is 0 Å². The topological polar surface area (TPSA) is 61.3 Å². The van der Waals surface area contributed by atoms with Crippen molar-refractivity contribution in [2.45, 2.75) is 13.5 Å². The molecular formula is C10H18N4O. The molecule has 0 saturated heterocycles. The summed E-state index contributed by atoms with van der Waals surface area (Å²) in [5.74, 6) is 0.768. The molecule has 0 aromatic carbocycles. The number of nitrogens with one attached hydrogen (secondary N) is 1. The van der Waals surface area contributed by atoms with Gasteiger partial charge in [-0.2, -0.15) is 0 Å². The molecule has 5 nitrogen and oxygen atoms in total. The number of likely N-dealkylation sites (N-methyl/N-ethyl adjacent to an activating group) is 1. The van der Waals surface area contributed by atoms with E-state index < -0.39 is 0 Å². The van der Waals surface area contributed by atoms with E-state index in [0.717, 1.165) is 24.6 Å². The molecule has 0 fully saturated rings. The Balaban J connectivity index is 2.55. The third kappa shape index (κ3) is 3.81. The van der Waals surface area contributed by atoms with Crippen molar-refractivity contribution in [1.29, 1.82) is 0 Å². The van der Waals surface area contributed by atoms with Gasteiger partial charge >= 0.3 is 0 Å². The zero-order chi connectivity index (χ0) is 11.1. The Kier molecular flexibility index (Phi) is 5.00. The van der Waals surface area contributed by atoms with Gasteiger partial charge in [0.05, 0.1) is 24.7 Å². The molecule has 0 atom stereocenters. The Morgan fingerprint density at radius 1 is 1.40 bits per heavy atom. The number of hydrogen-bond acceptors (Lipinski definition) is 5. The highest BCUT2D eigenvalue weighted by Gasteiger charge is 2.04. The molecule has 0 saturated carbocycles. The van der Waals surface area contributed by atoms with Crippen LogP contribution in [0.1, 0.15) is 12.6 Å². The number of anilines is 1. The predicted octanol–water partition coefficient (Wildman–Crippen LogP) is 0.332. The molecule has 1 aromatic heterocycles. The fraction of sp³-hybridized carbons (Fsp3) is 0.600. The van der Waals surface area contributed by atoms with Gasteiger partial charge in [-0.3, -0.25) is 9.88 Å². The zero-order valence-electron chi connectivity index (χ0n) is 9.27.